The van der Waals surface area contributed by atoms with E-state index in [2.05, 4.69) is 22.0 Å². The van der Waals surface area contributed by atoms with Gasteiger partial charge in [-0.3, -0.25) is 0 Å². The summed E-state index contributed by atoms with van der Waals surface area (Å²) >= 11 is 0. The first kappa shape index (κ1) is 12.7. The monoisotopic (exact) mass is 248 g/mol. The van der Waals surface area contributed by atoms with Crippen LogP contribution in [0.2, 0.25) is 0 Å². The maximum atomic E-state index is 8.67. The molecule has 0 amide bonds. The van der Waals surface area contributed by atoms with Crippen molar-refractivity contribution in [2.24, 2.45) is 16.8 Å². The Kier molecular flexibility index (Phi) is 4.02. The van der Waals surface area contributed by atoms with E-state index in [-0.39, 0.29) is 5.84 Å². The van der Waals surface area contributed by atoms with Crippen molar-refractivity contribution in [2.75, 3.05) is 18.0 Å². The number of aromatic nitrogens is 1. The summed E-state index contributed by atoms with van der Waals surface area (Å²) in [5.41, 5.74) is 6.08. The number of nitrogens with zero attached hydrogens (tertiary/aromatic N) is 3. The average Bonchev–Trinajstić information content (AvgIpc) is 2.87. The van der Waals surface area contributed by atoms with E-state index in [1.54, 1.807) is 6.07 Å². The van der Waals surface area contributed by atoms with Gasteiger partial charge in [-0.1, -0.05) is 24.6 Å². The molecule has 1 aromatic rings. The van der Waals surface area contributed by atoms with Crippen molar-refractivity contribution in [3.05, 3.63) is 23.9 Å². The third-order valence-electron chi connectivity index (χ3n) is 3.41. The molecule has 1 unspecified atom stereocenters. The van der Waals surface area contributed by atoms with E-state index in [9.17, 15) is 0 Å². The molecule has 0 aliphatic carbocycles. The standard InChI is InChI=1S/C13H20N4O/c1-2-4-10-7-8-17(9-10)12-6-3-5-11(15-12)13(14)16-18/h3,5-6,10,18H,2,4,7-9H2,1H3,(H2,14,16). The molecule has 1 aromatic heterocycles. The molecule has 0 radical (unpaired) electrons. The summed E-state index contributed by atoms with van der Waals surface area (Å²) in [7, 11) is 0. The van der Waals surface area contributed by atoms with Crippen LogP contribution in [-0.2, 0) is 0 Å². The SMILES string of the molecule is CCCC1CCN(c2cccc(/C(N)=N/O)n2)C1. The van der Waals surface area contributed by atoms with Crippen molar-refractivity contribution < 1.29 is 5.21 Å². The van der Waals surface area contributed by atoms with Gasteiger partial charge in [0.05, 0.1) is 0 Å². The summed E-state index contributed by atoms with van der Waals surface area (Å²) in [5.74, 6) is 1.74. The highest BCUT2D eigenvalue weighted by Crippen LogP contribution is 2.25. The predicted octanol–water partition coefficient (Wildman–Crippen LogP) is 1.80. The van der Waals surface area contributed by atoms with Crippen LogP contribution in [0.1, 0.15) is 31.9 Å². The van der Waals surface area contributed by atoms with Crippen molar-refractivity contribution in [3.63, 3.8) is 0 Å². The van der Waals surface area contributed by atoms with Crippen LogP contribution in [0.25, 0.3) is 0 Å². The molecule has 0 saturated carbocycles. The molecule has 5 nitrogen and oxygen atoms in total. The number of rotatable bonds is 4. The second kappa shape index (κ2) is 5.71. The van der Waals surface area contributed by atoms with Crippen LogP contribution in [0.4, 0.5) is 5.82 Å². The van der Waals surface area contributed by atoms with E-state index in [0.29, 0.717) is 5.69 Å². The molecule has 98 valence electrons. The summed E-state index contributed by atoms with van der Waals surface area (Å²) in [6.07, 6.45) is 3.73. The van der Waals surface area contributed by atoms with Gasteiger partial charge in [-0.05, 0) is 30.9 Å². The number of pyridine rings is 1. The Bertz CT molecular complexity index is 433. The van der Waals surface area contributed by atoms with Gasteiger partial charge in [-0.15, -0.1) is 0 Å². The molecule has 5 heteroatoms. The maximum Gasteiger partial charge on any atom is 0.188 e. The Hall–Kier alpha value is -1.78. The van der Waals surface area contributed by atoms with Crippen LogP contribution in [0.15, 0.2) is 23.4 Å². The van der Waals surface area contributed by atoms with Crippen LogP contribution in [0.5, 0.6) is 0 Å². The minimum absolute atomic E-state index is 0.0566. The van der Waals surface area contributed by atoms with Crippen molar-refractivity contribution in [2.45, 2.75) is 26.2 Å². The van der Waals surface area contributed by atoms with E-state index in [1.807, 2.05) is 12.1 Å². The molecule has 3 N–H and O–H groups in total. The molecule has 1 fully saturated rings. The molecular formula is C13H20N4O. The largest absolute Gasteiger partial charge is 0.409 e. The van der Waals surface area contributed by atoms with Gasteiger partial charge in [0.2, 0.25) is 0 Å². The molecule has 0 spiro atoms. The Labute approximate surface area is 107 Å². The van der Waals surface area contributed by atoms with Gasteiger partial charge in [0.15, 0.2) is 5.84 Å². The molecule has 1 saturated heterocycles. The lowest BCUT2D eigenvalue weighted by Gasteiger charge is -2.18. The molecular weight excluding hydrogens is 228 g/mol. The third kappa shape index (κ3) is 2.72. The van der Waals surface area contributed by atoms with Gasteiger partial charge >= 0.3 is 0 Å². The summed E-state index contributed by atoms with van der Waals surface area (Å²) in [6.45, 7) is 4.32. The maximum absolute atomic E-state index is 8.67. The molecule has 2 rings (SSSR count). The first-order valence-corrected chi connectivity index (χ1v) is 6.44. The minimum Gasteiger partial charge on any atom is -0.409 e. The van der Waals surface area contributed by atoms with Crippen molar-refractivity contribution in [1.82, 2.24) is 4.98 Å². The first-order valence-electron chi connectivity index (χ1n) is 6.44. The smallest absolute Gasteiger partial charge is 0.188 e. The van der Waals surface area contributed by atoms with Gasteiger partial charge in [0.1, 0.15) is 11.5 Å². The number of nitrogens with two attached hydrogens (primary N) is 1. The predicted molar refractivity (Wildman–Crippen MR) is 72.0 cm³/mol. The molecule has 1 atom stereocenters. The number of hydrogen-bond donors (Lipinski definition) is 2. The van der Waals surface area contributed by atoms with Gasteiger partial charge < -0.3 is 15.8 Å². The van der Waals surface area contributed by atoms with Crippen molar-refractivity contribution in [3.8, 4) is 0 Å². The zero-order valence-electron chi connectivity index (χ0n) is 10.7. The van der Waals surface area contributed by atoms with Crippen LogP contribution in [-0.4, -0.2) is 29.1 Å². The van der Waals surface area contributed by atoms with Gasteiger partial charge in [-0.2, -0.15) is 0 Å². The number of amidine groups is 1. The zero-order chi connectivity index (χ0) is 13.0. The third-order valence-corrected chi connectivity index (χ3v) is 3.41. The molecule has 1 aliphatic heterocycles. The fraction of sp³-hybridized carbons (Fsp3) is 0.538. The second-order valence-corrected chi connectivity index (χ2v) is 4.76. The van der Waals surface area contributed by atoms with Crippen LogP contribution in [0.3, 0.4) is 0 Å². The van der Waals surface area contributed by atoms with E-state index in [0.717, 1.165) is 24.8 Å². The Morgan fingerprint density at radius 2 is 2.44 bits per heavy atom. The number of hydrogen-bond acceptors (Lipinski definition) is 4. The lowest BCUT2D eigenvalue weighted by Crippen LogP contribution is -2.23. The quantitative estimate of drug-likeness (QED) is 0.369. The normalized spacial score (nSPS) is 20.4. The van der Waals surface area contributed by atoms with E-state index < -0.39 is 0 Å². The molecule has 18 heavy (non-hydrogen) atoms. The Balaban J connectivity index is 2.10. The highest BCUT2D eigenvalue weighted by molar-refractivity contribution is 5.95. The minimum atomic E-state index is 0.0566. The highest BCUT2D eigenvalue weighted by atomic mass is 16.4. The Morgan fingerprint density at radius 3 is 3.17 bits per heavy atom. The second-order valence-electron chi connectivity index (χ2n) is 4.76. The van der Waals surface area contributed by atoms with Crippen LogP contribution >= 0.6 is 0 Å². The van der Waals surface area contributed by atoms with Crippen LogP contribution < -0.4 is 10.6 Å². The molecule has 1 aliphatic rings. The van der Waals surface area contributed by atoms with E-state index >= 15 is 0 Å². The van der Waals surface area contributed by atoms with Gasteiger partial charge in [0.25, 0.3) is 0 Å². The molecule has 0 aromatic carbocycles. The van der Waals surface area contributed by atoms with E-state index in [4.69, 9.17) is 10.9 Å². The summed E-state index contributed by atoms with van der Waals surface area (Å²) in [5, 5.41) is 11.7. The van der Waals surface area contributed by atoms with Crippen molar-refractivity contribution >= 4 is 11.7 Å². The summed E-state index contributed by atoms with van der Waals surface area (Å²) in [6, 6.07) is 5.61. The average molecular weight is 248 g/mol. The first-order chi connectivity index (χ1) is 8.74. The van der Waals surface area contributed by atoms with Crippen molar-refractivity contribution in [1.29, 1.82) is 0 Å². The fourth-order valence-electron chi connectivity index (χ4n) is 2.48. The highest BCUT2D eigenvalue weighted by Gasteiger charge is 2.22. The van der Waals surface area contributed by atoms with E-state index in [1.165, 1.54) is 19.3 Å². The number of anilines is 1. The summed E-state index contributed by atoms with van der Waals surface area (Å²) < 4.78 is 0. The number of oxime groups is 1. The zero-order valence-corrected chi connectivity index (χ0v) is 10.7. The lowest BCUT2D eigenvalue weighted by molar-refractivity contribution is 0.318. The van der Waals surface area contributed by atoms with Gasteiger partial charge in [-0.25, -0.2) is 4.98 Å². The topological polar surface area (TPSA) is 74.7 Å². The Morgan fingerprint density at radius 1 is 1.61 bits per heavy atom. The lowest BCUT2D eigenvalue weighted by atomic mass is 10.0. The summed E-state index contributed by atoms with van der Waals surface area (Å²) in [4.78, 5) is 6.70. The fourth-order valence-corrected chi connectivity index (χ4v) is 2.48. The van der Waals surface area contributed by atoms with Gasteiger partial charge in [0, 0.05) is 13.1 Å². The van der Waals surface area contributed by atoms with Crippen LogP contribution in [0, 0.1) is 5.92 Å². The molecule has 0 bridgehead atoms. The molecule has 2 heterocycles.